The van der Waals surface area contributed by atoms with E-state index in [1.807, 2.05) is 0 Å². The molecule has 42 heavy (non-hydrogen) atoms. The number of aliphatic hydroxyl groups is 1. The number of ketones is 2. The van der Waals surface area contributed by atoms with Gasteiger partial charge in [0.2, 0.25) is 0 Å². The fourth-order valence-corrected chi connectivity index (χ4v) is 5.51. The molecule has 0 saturated heterocycles. The Morgan fingerprint density at radius 3 is 1.02 bits per heavy atom. The molecule has 0 aromatic rings. The van der Waals surface area contributed by atoms with Crippen molar-refractivity contribution in [2.75, 3.05) is 6.54 Å². The molecule has 0 fully saturated rings. The van der Waals surface area contributed by atoms with Crippen LogP contribution in [0.15, 0.2) is 24.3 Å². The Balaban J connectivity index is 3.77. The van der Waals surface area contributed by atoms with Gasteiger partial charge in [-0.1, -0.05) is 141 Å². The zero-order chi connectivity index (χ0) is 31.0. The van der Waals surface area contributed by atoms with Gasteiger partial charge in [0.1, 0.15) is 0 Å². The molecule has 0 heterocycles. The smallest absolute Gasteiger partial charge is 0.193 e. The molecule has 0 aliphatic rings. The van der Waals surface area contributed by atoms with Gasteiger partial charge in [0, 0.05) is 19.4 Å². The van der Waals surface area contributed by atoms with Crippen LogP contribution in [0.2, 0.25) is 0 Å². The maximum atomic E-state index is 12.7. The van der Waals surface area contributed by atoms with Crippen LogP contribution in [0.25, 0.3) is 0 Å². The third kappa shape index (κ3) is 24.2. The molecular weight excluding hydrogens is 518 g/mol. The molecule has 0 unspecified atom stereocenters. The second-order valence-electron chi connectivity index (χ2n) is 12.6. The van der Waals surface area contributed by atoms with Gasteiger partial charge in [-0.05, 0) is 64.2 Å². The van der Waals surface area contributed by atoms with Gasteiger partial charge in [0.25, 0.3) is 0 Å². The van der Waals surface area contributed by atoms with Gasteiger partial charge >= 0.3 is 0 Å². The largest absolute Gasteiger partial charge is 0.374 e. The van der Waals surface area contributed by atoms with Crippen molar-refractivity contribution in [2.24, 2.45) is 5.73 Å². The number of nitrogens with two attached hydrogens (primary N) is 1. The Hall–Kier alpha value is -1.26. The predicted octanol–water partition coefficient (Wildman–Crippen LogP) is 10.9. The molecule has 0 aromatic carbocycles. The van der Waals surface area contributed by atoms with E-state index in [9.17, 15) is 14.7 Å². The summed E-state index contributed by atoms with van der Waals surface area (Å²) in [7, 11) is 0. The summed E-state index contributed by atoms with van der Waals surface area (Å²) in [6.07, 6.45) is 40.8. The molecule has 0 aliphatic heterocycles. The van der Waals surface area contributed by atoms with Crippen molar-refractivity contribution in [1.82, 2.24) is 0 Å². The summed E-state index contributed by atoms with van der Waals surface area (Å²) in [6.45, 7) is 4.21. The molecule has 0 atom stereocenters. The first-order valence-electron chi connectivity index (χ1n) is 18.3. The van der Waals surface area contributed by atoms with Gasteiger partial charge in [-0.25, -0.2) is 0 Å². The van der Waals surface area contributed by atoms with E-state index < -0.39 is 5.60 Å². The summed E-state index contributed by atoms with van der Waals surface area (Å²) in [6, 6.07) is 0. The van der Waals surface area contributed by atoms with Gasteiger partial charge in [-0.3, -0.25) is 9.59 Å². The molecule has 0 rings (SSSR count). The van der Waals surface area contributed by atoms with Crippen molar-refractivity contribution >= 4 is 11.6 Å². The molecule has 4 heteroatoms. The highest BCUT2D eigenvalue weighted by atomic mass is 16.3. The van der Waals surface area contributed by atoms with Crippen molar-refractivity contribution in [3.63, 3.8) is 0 Å². The van der Waals surface area contributed by atoms with Crippen molar-refractivity contribution < 1.29 is 14.7 Å². The zero-order valence-corrected chi connectivity index (χ0v) is 28.2. The Bertz CT molecular complexity index is 617. The van der Waals surface area contributed by atoms with E-state index in [0.29, 0.717) is 0 Å². The summed E-state index contributed by atoms with van der Waals surface area (Å²) in [4.78, 5) is 25.3. The number of allylic oxidation sites excluding steroid dienone is 4. The number of unbranched alkanes of at least 4 members (excludes halogenated alkanes) is 22. The second kappa shape index (κ2) is 31.2. The van der Waals surface area contributed by atoms with Crippen LogP contribution in [0, 0.1) is 0 Å². The van der Waals surface area contributed by atoms with Crippen molar-refractivity contribution in [3.05, 3.63) is 24.3 Å². The standard InChI is InChI=1S/C38H71NO3/c1-3-5-7-9-11-13-15-17-19-21-23-25-27-29-31-33-36(40)38(42,35-39)37(41)34-32-30-28-26-24-22-20-18-16-14-12-10-8-6-4-2/h17-20,42H,3-16,21-35,39H2,1-2H3. The van der Waals surface area contributed by atoms with Gasteiger partial charge < -0.3 is 10.8 Å². The van der Waals surface area contributed by atoms with E-state index in [2.05, 4.69) is 38.2 Å². The highest BCUT2D eigenvalue weighted by Gasteiger charge is 2.40. The van der Waals surface area contributed by atoms with E-state index >= 15 is 0 Å². The highest BCUT2D eigenvalue weighted by molar-refractivity contribution is 6.10. The van der Waals surface area contributed by atoms with Crippen LogP contribution in [0.4, 0.5) is 0 Å². The fourth-order valence-electron chi connectivity index (χ4n) is 5.51. The number of carbonyl (C=O) groups is 2. The Kier molecular flexibility index (Phi) is 30.2. The zero-order valence-electron chi connectivity index (χ0n) is 28.2. The SMILES string of the molecule is CCCCCCCCC=CCCCCCCCC(=O)C(O)(CN)C(=O)CCCCCCCC=CCCCCCCCC. The minimum absolute atomic E-state index is 0.240. The van der Waals surface area contributed by atoms with Crippen LogP contribution in [-0.2, 0) is 9.59 Å². The summed E-state index contributed by atoms with van der Waals surface area (Å²) in [5, 5.41) is 10.7. The van der Waals surface area contributed by atoms with Gasteiger partial charge in [0.15, 0.2) is 17.2 Å². The molecule has 0 radical (unpaired) electrons. The molecule has 0 spiro atoms. The Morgan fingerprint density at radius 2 is 0.738 bits per heavy atom. The first-order valence-corrected chi connectivity index (χ1v) is 18.3. The maximum absolute atomic E-state index is 12.7. The van der Waals surface area contributed by atoms with Gasteiger partial charge in [-0.2, -0.15) is 0 Å². The first-order chi connectivity index (χ1) is 20.5. The lowest BCUT2D eigenvalue weighted by molar-refractivity contribution is -0.150. The molecule has 0 saturated carbocycles. The number of hydrogen-bond acceptors (Lipinski definition) is 4. The normalized spacial score (nSPS) is 13.3. The van der Waals surface area contributed by atoms with Gasteiger partial charge in [0.05, 0.1) is 0 Å². The molecule has 0 amide bonds. The predicted molar refractivity (Wildman–Crippen MR) is 183 cm³/mol. The fraction of sp³-hybridized carbons (Fsp3) is 0.842. The molecule has 4 nitrogen and oxygen atoms in total. The molecule has 0 aliphatic carbocycles. The second-order valence-corrected chi connectivity index (χ2v) is 12.6. The van der Waals surface area contributed by atoms with Crippen molar-refractivity contribution in [1.29, 1.82) is 0 Å². The number of carbonyl (C=O) groups excluding carboxylic acids is 2. The van der Waals surface area contributed by atoms with Crippen LogP contribution in [-0.4, -0.2) is 28.8 Å². The first kappa shape index (κ1) is 40.7. The lowest BCUT2D eigenvalue weighted by atomic mass is 9.87. The molecule has 0 bridgehead atoms. The van der Waals surface area contributed by atoms with E-state index in [1.165, 1.54) is 103 Å². The summed E-state index contributed by atoms with van der Waals surface area (Å²) < 4.78 is 0. The van der Waals surface area contributed by atoms with Gasteiger partial charge in [-0.15, -0.1) is 0 Å². The summed E-state index contributed by atoms with van der Waals surface area (Å²) in [5.74, 6) is -0.777. The van der Waals surface area contributed by atoms with E-state index in [-0.39, 0.29) is 31.0 Å². The maximum Gasteiger partial charge on any atom is 0.193 e. The molecule has 3 N–H and O–H groups in total. The third-order valence-corrected chi connectivity index (χ3v) is 8.55. The van der Waals surface area contributed by atoms with Crippen molar-refractivity contribution in [3.8, 4) is 0 Å². The third-order valence-electron chi connectivity index (χ3n) is 8.55. The Morgan fingerprint density at radius 1 is 0.476 bits per heavy atom. The topological polar surface area (TPSA) is 80.4 Å². The van der Waals surface area contributed by atoms with Crippen LogP contribution in [0.5, 0.6) is 0 Å². The van der Waals surface area contributed by atoms with E-state index in [4.69, 9.17) is 5.73 Å². The van der Waals surface area contributed by atoms with Crippen LogP contribution < -0.4 is 5.73 Å². The highest BCUT2D eigenvalue weighted by Crippen LogP contribution is 2.18. The minimum atomic E-state index is -1.98. The minimum Gasteiger partial charge on any atom is -0.374 e. The lowest BCUT2D eigenvalue weighted by Crippen LogP contribution is -2.52. The quantitative estimate of drug-likeness (QED) is 0.0453. The van der Waals surface area contributed by atoms with Crippen LogP contribution >= 0.6 is 0 Å². The van der Waals surface area contributed by atoms with E-state index in [0.717, 1.165) is 64.2 Å². The van der Waals surface area contributed by atoms with Crippen LogP contribution in [0.1, 0.15) is 194 Å². The number of Topliss-reactive ketones (excluding diaryl/α,β-unsaturated/α-hetero) is 2. The number of hydrogen-bond donors (Lipinski definition) is 2. The molecular formula is C38H71NO3. The van der Waals surface area contributed by atoms with E-state index in [1.54, 1.807) is 0 Å². The monoisotopic (exact) mass is 590 g/mol. The summed E-state index contributed by atoms with van der Waals surface area (Å²) >= 11 is 0. The average molecular weight is 590 g/mol. The molecule has 246 valence electrons. The van der Waals surface area contributed by atoms with Crippen LogP contribution in [0.3, 0.4) is 0 Å². The Labute approximate surface area is 261 Å². The lowest BCUT2D eigenvalue weighted by Gasteiger charge is -2.23. The summed E-state index contributed by atoms with van der Waals surface area (Å²) in [5.41, 5.74) is 3.73. The number of rotatable bonds is 33. The molecule has 0 aromatic heterocycles. The average Bonchev–Trinajstić information content (AvgIpc) is 3.00. The van der Waals surface area contributed by atoms with Crippen molar-refractivity contribution in [2.45, 2.75) is 199 Å².